The molecule has 3 rings (SSSR count). The van der Waals surface area contributed by atoms with Crippen LogP contribution in [0.4, 0.5) is 4.39 Å². The van der Waals surface area contributed by atoms with E-state index in [1.807, 2.05) is 0 Å². The van der Waals surface area contributed by atoms with Crippen molar-refractivity contribution in [1.29, 1.82) is 0 Å². The Hall–Kier alpha value is -3.48. The molecule has 0 saturated carbocycles. The predicted octanol–water partition coefficient (Wildman–Crippen LogP) is 3.97. The zero-order valence-corrected chi connectivity index (χ0v) is 17.7. The molecule has 1 unspecified atom stereocenters. The lowest BCUT2D eigenvalue weighted by molar-refractivity contribution is -0.140. The molecule has 0 radical (unpaired) electrons. The van der Waals surface area contributed by atoms with Crippen molar-refractivity contribution in [3.63, 3.8) is 0 Å². The molecule has 0 N–H and O–H groups in total. The van der Waals surface area contributed by atoms with Crippen molar-refractivity contribution in [2.24, 2.45) is 0 Å². The van der Waals surface area contributed by atoms with Gasteiger partial charge in [0.05, 0.1) is 31.4 Å². The van der Waals surface area contributed by atoms with Gasteiger partial charge in [0.2, 0.25) is 5.91 Å². The molecule has 162 valence electrons. The second-order valence-corrected chi connectivity index (χ2v) is 7.20. The summed E-state index contributed by atoms with van der Waals surface area (Å²) < 4.78 is 23.8. The van der Waals surface area contributed by atoms with Crippen LogP contribution >= 0.6 is 0 Å². The SMILES string of the molecule is CCOC(=O)C1=C(C)N(Cc2ccc(C(=O)OC)cc2)C(=O)CC1c1cccc(F)c1. The molecule has 1 amide bonds. The topological polar surface area (TPSA) is 72.9 Å². The van der Waals surface area contributed by atoms with Crippen molar-refractivity contribution < 1.29 is 28.2 Å². The van der Waals surface area contributed by atoms with Gasteiger partial charge in [-0.3, -0.25) is 4.79 Å². The molecule has 7 heteroatoms. The monoisotopic (exact) mass is 425 g/mol. The van der Waals surface area contributed by atoms with Gasteiger partial charge in [-0.15, -0.1) is 0 Å². The molecule has 0 fully saturated rings. The summed E-state index contributed by atoms with van der Waals surface area (Å²) in [7, 11) is 1.31. The lowest BCUT2D eigenvalue weighted by Gasteiger charge is -2.34. The number of ether oxygens (including phenoxy) is 2. The minimum absolute atomic E-state index is 0.0230. The first-order valence-electron chi connectivity index (χ1n) is 9.96. The van der Waals surface area contributed by atoms with Crippen LogP contribution in [-0.4, -0.2) is 36.5 Å². The Labute approximate surface area is 180 Å². The molecule has 0 aliphatic carbocycles. The zero-order valence-electron chi connectivity index (χ0n) is 17.7. The largest absolute Gasteiger partial charge is 0.465 e. The summed E-state index contributed by atoms with van der Waals surface area (Å²) in [5.74, 6) is -2.16. The fourth-order valence-electron chi connectivity index (χ4n) is 3.73. The second-order valence-electron chi connectivity index (χ2n) is 7.20. The third-order valence-electron chi connectivity index (χ3n) is 5.29. The van der Waals surface area contributed by atoms with Crippen LogP contribution in [0.2, 0.25) is 0 Å². The van der Waals surface area contributed by atoms with Crippen molar-refractivity contribution in [2.45, 2.75) is 32.7 Å². The number of carbonyl (C=O) groups is 3. The van der Waals surface area contributed by atoms with Gasteiger partial charge < -0.3 is 14.4 Å². The van der Waals surface area contributed by atoms with Crippen LogP contribution in [-0.2, 0) is 25.6 Å². The Kier molecular flexibility index (Phi) is 6.84. The summed E-state index contributed by atoms with van der Waals surface area (Å²) in [6.07, 6.45) is 0.0230. The summed E-state index contributed by atoms with van der Waals surface area (Å²) in [4.78, 5) is 38.9. The lowest BCUT2D eigenvalue weighted by Crippen LogP contribution is -2.38. The molecule has 6 nitrogen and oxygen atoms in total. The Morgan fingerprint density at radius 1 is 1.13 bits per heavy atom. The quantitative estimate of drug-likeness (QED) is 0.655. The van der Waals surface area contributed by atoms with E-state index in [0.717, 1.165) is 5.56 Å². The fraction of sp³-hybridized carbons (Fsp3) is 0.292. The highest BCUT2D eigenvalue weighted by molar-refractivity contribution is 5.96. The lowest BCUT2D eigenvalue weighted by atomic mass is 9.83. The van der Waals surface area contributed by atoms with Gasteiger partial charge >= 0.3 is 11.9 Å². The Bertz CT molecular complexity index is 1030. The molecular formula is C24H24FNO5. The van der Waals surface area contributed by atoms with Gasteiger partial charge in [0.25, 0.3) is 0 Å². The van der Waals surface area contributed by atoms with Crippen LogP contribution in [0.3, 0.4) is 0 Å². The number of hydrogen-bond acceptors (Lipinski definition) is 5. The van der Waals surface area contributed by atoms with Gasteiger partial charge in [-0.2, -0.15) is 0 Å². The van der Waals surface area contributed by atoms with Crippen molar-refractivity contribution in [1.82, 2.24) is 4.90 Å². The van der Waals surface area contributed by atoms with Gasteiger partial charge in [0.15, 0.2) is 0 Å². The van der Waals surface area contributed by atoms with Gasteiger partial charge in [0, 0.05) is 18.0 Å². The Morgan fingerprint density at radius 2 is 1.84 bits per heavy atom. The molecule has 1 atom stereocenters. The van der Waals surface area contributed by atoms with Gasteiger partial charge in [0.1, 0.15) is 5.82 Å². The van der Waals surface area contributed by atoms with Crippen LogP contribution in [0.1, 0.15) is 47.7 Å². The van der Waals surface area contributed by atoms with E-state index in [1.165, 1.54) is 24.1 Å². The van der Waals surface area contributed by atoms with Crippen molar-refractivity contribution in [3.8, 4) is 0 Å². The van der Waals surface area contributed by atoms with E-state index in [1.54, 1.807) is 50.2 Å². The average molecular weight is 425 g/mol. The number of rotatable bonds is 6. The standard InChI is InChI=1S/C24H24FNO5/c1-4-31-24(29)22-15(2)26(14-16-8-10-17(11-9-16)23(28)30-3)21(27)13-20(22)18-6-5-7-19(25)12-18/h5-12,20H,4,13-14H2,1-3H3. The number of allylic oxidation sites excluding steroid dienone is 1. The maximum Gasteiger partial charge on any atom is 0.337 e. The maximum absolute atomic E-state index is 13.8. The van der Waals surface area contributed by atoms with Crippen LogP contribution in [0.15, 0.2) is 59.8 Å². The molecular weight excluding hydrogens is 401 g/mol. The molecule has 1 heterocycles. The van der Waals surface area contributed by atoms with E-state index in [2.05, 4.69) is 0 Å². The molecule has 0 aromatic heterocycles. The number of carbonyl (C=O) groups excluding carboxylic acids is 3. The third kappa shape index (κ3) is 4.82. The highest BCUT2D eigenvalue weighted by atomic mass is 19.1. The molecule has 1 aliphatic rings. The summed E-state index contributed by atoms with van der Waals surface area (Å²) in [5, 5.41) is 0. The highest BCUT2D eigenvalue weighted by Crippen LogP contribution is 2.37. The van der Waals surface area contributed by atoms with E-state index in [0.29, 0.717) is 22.4 Å². The molecule has 0 bridgehead atoms. The Balaban J connectivity index is 1.96. The molecule has 2 aromatic carbocycles. The third-order valence-corrected chi connectivity index (χ3v) is 5.29. The van der Waals surface area contributed by atoms with E-state index >= 15 is 0 Å². The van der Waals surface area contributed by atoms with Crippen molar-refractivity contribution in [3.05, 3.63) is 82.3 Å². The molecule has 31 heavy (non-hydrogen) atoms. The summed E-state index contributed by atoms with van der Waals surface area (Å²) in [6.45, 7) is 3.82. The first-order valence-corrected chi connectivity index (χ1v) is 9.96. The van der Waals surface area contributed by atoms with Crippen molar-refractivity contribution in [2.75, 3.05) is 13.7 Å². The number of benzene rings is 2. The zero-order chi connectivity index (χ0) is 22.5. The first-order chi connectivity index (χ1) is 14.8. The molecule has 1 aliphatic heterocycles. The van der Waals surface area contributed by atoms with E-state index < -0.39 is 23.7 Å². The normalized spacial score (nSPS) is 16.3. The van der Waals surface area contributed by atoms with E-state index in [-0.39, 0.29) is 25.5 Å². The Morgan fingerprint density at radius 3 is 2.45 bits per heavy atom. The van der Waals surface area contributed by atoms with Crippen molar-refractivity contribution >= 4 is 17.8 Å². The second kappa shape index (κ2) is 9.55. The molecule has 2 aromatic rings. The fourth-order valence-corrected chi connectivity index (χ4v) is 3.73. The maximum atomic E-state index is 13.8. The van der Waals surface area contributed by atoms with Gasteiger partial charge in [-0.05, 0) is 49.2 Å². The minimum atomic E-state index is -0.583. The van der Waals surface area contributed by atoms with Gasteiger partial charge in [-0.1, -0.05) is 24.3 Å². The summed E-state index contributed by atoms with van der Waals surface area (Å²) >= 11 is 0. The van der Waals surface area contributed by atoms with E-state index in [9.17, 15) is 18.8 Å². The number of nitrogens with zero attached hydrogens (tertiary/aromatic N) is 1. The number of halogens is 1. The van der Waals surface area contributed by atoms with Crippen LogP contribution in [0.25, 0.3) is 0 Å². The van der Waals surface area contributed by atoms with Crippen LogP contribution < -0.4 is 0 Å². The number of methoxy groups -OCH3 is 1. The average Bonchev–Trinajstić information content (AvgIpc) is 2.76. The van der Waals surface area contributed by atoms with Crippen LogP contribution in [0, 0.1) is 5.82 Å². The molecule has 0 saturated heterocycles. The minimum Gasteiger partial charge on any atom is -0.465 e. The predicted molar refractivity (Wildman–Crippen MR) is 111 cm³/mol. The number of amides is 1. The molecule has 0 spiro atoms. The number of esters is 2. The van der Waals surface area contributed by atoms with Crippen LogP contribution in [0.5, 0.6) is 0 Å². The number of hydrogen-bond donors (Lipinski definition) is 0. The van der Waals surface area contributed by atoms with E-state index in [4.69, 9.17) is 9.47 Å². The highest BCUT2D eigenvalue weighted by Gasteiger charge is 2.37. The summed E-state index contributed by atoms with van der Waals surface area (Å²) in [5.41, 5.74) is 2.56. The smallest absolute Gasteiger partial charge is 0.337 e. The van der Waals surface area contributed by atoms with Gasteiger partial charge in [-0.25, -0.2) is 14.0 Å². The first kappa shape index (κ1) is 22.2. The summed E-state index contributed by atoms with van der Waals surface area (Å²) in [6, 6.07) is 12.6.